The zero-order chi connectivity index (χ0) is 28.2. The van der Waals surface area contributed by atoms with Crippen LogP contribution in [-0.4, -0.2) is 51.4 Å². The van der Waals surface area contributed by atoms with Gasteiger partial charge in [-0.3, -0.25) is 29.8 Å². The molecule has 0 aromatic carbocycles. The van der Waals surface area contributed by atoms with Crippen molar-refractivity contribution in [2.45, 2.75) is 51.4 Å². The molecule has 6 N–H and O–H groups in total. The lowest BCUT2D eigenvalue weighted by molar-refractivity contribution is -0.130. The topological polar surface area (TPSA) is 165 Å². The number of carbonyl (C=O) groups is 4. The third kappa shape index (κ3) is 9.60. The molecule has 0 aromatic heterocycles. The summed E-state index contributed by atoms with van der Waals surface area (Å²) in [7, 11) is -2.62. The highest BCUT2D eigenvalue weighted by Crippen LogP contribution is 2.28. The number of allylic oxidation sites excluding steroid dienone is 4. The first-order chi connectivity index (χ1) is 18.8. The zero-order valence-corrected chi connectivity index (χ0v) is 22.7. The highest BCUT2D eigenvalue weighted by atomic mass is 31.2. The molecule has 6 rings (SSSR count). The highest BCUT2D eigenvalue weighted by Gasteiger charge is 2.30. The van der Waals surface area contributed by atoms with Crippen LogP contribution in [0.5, 0.6) is 0 Å². The van der Waals surface area contributed by atoms with E-state index in [1.807, 2.05) is 12.2 Å². The lowest BCUT2D eigenvalue weighted by atomic mass is 9.91. The van der Waals surface area contributed by atoms with Crippen LogP contribution in [0.4, 0.5) is 0 Å². The van der Waals surface area contributed by atoms with Gasteiger partial charge < -0.3 is 20.0 Å². The Kier molecular flexibility index (Phi) is 12.2. The van der Waals surface area contributed by atoms with Gasteiger partial charge in [-0.25, -0.2) is 0 Å². The van der Waals surface area contributed by atoms with Crippen molar-refractivity contribution in [3.63, 3.8) is 0 Å². The second kappa shape index (κ2) is 15.5. The Morgan fingerprint density at radius 2 is 1.10 bits per heavy atom. The standard InChI is InChI=1S/C28H33N3O4.H3O3P/c32-25-21-11-13-23(27(34)30-25)19(17-21)9-5-1-3-7-15-29-16-8-4-2-6-10-20-18-22-12-14-24(20)28(35)31-26(22)33;1-4(2)3/h9-14,17-18,23-24,29H,1-8,15-16H2,(H,30,32,34)(H,31,33,35);1-3H. The number of nitrogens with one attached hydrogen (secondary N) is 3. The van der Waals surface area contributed by atoms with Crippen molar-refractivity contribution in [1.29, 1.82) is 0 Å². The molecular weight excluding hydrogens is 521 g/mol. The Morgan fingerprint density at radius 3 is 1.51 bits per heavy atom. The molecular formula is C28H36N3O7P. The molecule has 0 spiro atoms. The van der Waals surface area contributed by atoms with Crippen LogP contribution in [0, 0.1) is 11.8 Å². The normalized spacial score (nSPS) is 23.4. The van der Waals surface area contributed by atoms with Crippen LogP contribution in [0.2, 0.25) is 0 Å². The van der Waals surface area contributed by atoms with Crippen molar-refractivity contribution in [1.82, 2.24) is 16.0 Å². The van der Waals surface area contributed by atoms with E-state index in [2.05, 4.69) is 28.1 Å². The Hall–Kier alpha value is -3.01. The van der Waals surface area contributed by atoms with Crippen LogP contribution in [0.25, 0.3) is 0 Å². The molecule has 11 heteroatoms. The average Bonchev–Trinajstić information content (AvgIpc) is 3.22. The molecule has 10 nitrogen and oxygen atoms in total. The molecule has 0 saturated carbocycles. The van der Waals surface area contributed by atoms with E-state index in [1.165, 1.54) is 0 Å². The Labute approximate surface area is 229 Å². The van der Waals surface area contributed by atoms with Crippen molar-refractivity contribution in [2.24, 2.45) is 11.8 Å². The van der Waals surface area contributed by atoms with Crippen LogP contribution in [0.3, 0.4) is 0 Å². The number of imide groups is 2. The third-order valence-corrected chi connectivity index (χ3v) is 6.74. The fourth-order valence-corrected chi connectivity index (χ4v) is 4.72. The summed E-state index contributed by atoms with van der Waals surface area (Å²) in [6.07, 6.45) is 23.3. The second-order valence-corrected chi connectivity index (χ2v) is 10.2. The largest absolute Gasteiger partial charge is 0.328 e. The predicted octanol–water partition coefficient (Wildman–Crippen LogP) is 2.28. The molecule has 4 bridgehead atoms. The Bertz CT molecular complexity index is 1050. The molecule has 2 aliphatic carbocycles. The Morgan fingerprint density at radius 1 is 0.692 bits per heavy atom. The molecule has 0 saturated heterocycles. The number of hydrogen-bond acceptors (Lipinski definition) is 8. The molecule has 4 aliphatic heterocycles. The maximum absolute atomic E-state index is 12.0. The minimum Gasteiger partial charge on any atom is -0.328 e. The van der Waals surface area contributed by atoms with Gasteiger partial charge in [-0.1, -0.05) is 49.3 Å². The van der Waals surface area contributed by atoms with Crippen LogP contribution >= 0.6 is 8.60 Å². The SMILES string of the molecule is O=C1NC(=O)C2C=CC1=CC2=CCCCCCNCCCCCC=C1C=C2C=CC1C(=O)NC2=O.OP(O)O. The summed E-state index contributed by atoms with van der Waals surface area (Å²) >= 11 is 0. The smallest absolute Gasteiger partial charge is 0.324 e. The van der Waals surface area contributed by atoms with Gasteiger partial charge in [0.05, 0.1) is 11.8 Å². The first kappa shape index (κ1) is 30.5. The van der Waals surface area contributed by atoms with E-state index in [0.717, 1.165) is 75.6 Å². The summed E-state index contributed by atoms with van der Waals surface area (Å²) in [6.45, 7) is 2.00. The van der Waals surface area contributed by atoms with Gasteiger partial charge in [-0.2, -0.15) is 0 Å². The molecule has 210 valence electrons. The average molecular weight is 558 g/mol. The van der Waals surface area contributed by atoms with Crippen molar-refractivity contribution < 1.29 is 33.9 Å². The number of carbonyl (C=O) groups excluding carboxylic acids is 4. The number of unbranched alkanes of at least 4 members (excludes halogenated alkanes) is 6. The highest BCUT2D eigenvalue weighted by molar-refractivity contribution is 7.38. The minimum atomic E-state index is -2.62. The van der Waals surface area contributed by atoms with Gasteiger partial charge in [0.15, 0.2) is 0 Å². The molecule has 4 amide bonds. The van der Waals surface area contributed by atoms with Gasteiger partial charge in [0.2, 0.25) is 11.8 Å². The fraction of sp³-hybridized carbons (Fsp3) is 0.429. The van der Waals surface area contributed by atoms with Gasteiger partial charge in [-0.15, -0.1) is 0 Å². The Balaban J connectivity index is 0.000000983. The monoisotopic (exact) mass is 557 g/mol. The van der Waals surface area contributed by atoms with Crippen molar-refractivity contribution in [3.8, 4) is 0 Å². The maximum atomic E-state index is 12.0. The third-order valence-electron chi connectivity index (χ3n) is 6.74. The fourth-order valence-electron chi connectivity index (χ4n) is 4.72. The molecule has 6 aliphatic rings. The molecule has 4 heterocycles. The van der Waals surface area contributed by atoms with E-state index in [9.17, 15) is 19.2 Å². The van der Waals surface area contributed by atoms with E-state index in [0.29, 0.717) is 11.1 Å². The first-order valence-corrected chi connectivity index (χ1v) is 14.4. The summed E-state index contributed by atoms with van der Waals surface area (Å²) in [5.41, 5.74) is 2.95. The van der Waals surface area contributed by atoms with Crippen molar-refractivity contribution >= 4 is 32.2 Å². The maximum Gasteiger partial charge on any atom is 0.324 e. The number of rotatable bonds is 12. The van der Waals surface area contributed by atoms with Gasteiger partial charge in [0.1, 0.15) is 0 Å². The molecule has 0 fully saturated rings. The van der Waals surface area contributed by atoms with E-state index < -0.39 is 8.60 Å². The quantitative estimate of drug-likeness (QED) is 0.121. The van der Waals surface area contributed by atoms with Gasteiger partial charge in [0, 0.05) is 11.1 Å². The molecule has 0 radical (unpaired) electrons. The van der Waals surface area contributed by atoms with Crippen molar-refractivity contribution in [3.05, 3.63) is 70.9 Å². The van der Waals surface area contributed by atoms with Crippen LogP contribution in [0.15, 0.2) is 70.9 Å². The predicted molar refractivity (Wildman–Crippen MR) is 147 cm³/mol. The number of hydrogen-bond donors (Lipinski definition) is 6. The van der Waals surface area contributed by atoms with Gasteiger partial charge >= 0.3 is 8.60 Å². The summed E-state index contributed by atoms with van der Waals surface area (Å²) in [5.74, 6) is -1.79. The van der Waals surface area contributed by atoms with Crippen molar-refractivity contribution in [2.75, 3.05) is 13.1 Å². The van der Waals surface area contributed by atoms with Crippen LogP contribution in [-0.2, 0) is 19.2 Å². The second-order valence-electron chi connectivity index (χ2n) is 9.63. The summed E-state index contributed by atoms with van der Waals surface area (Å²) in [4.78, 5) is 69.4. The molecule has 2 atom stereocenters. The lowest BCUT2D eigenvalue weighted by Gasteiger charge is -2.12. The van der Waals surface area contributed by atoms with E-state index in [-0.39, 0.29) is 35.5 Å². The lowest BCUT2D eigenvalue weighted by Crippen LogP contribution is -2.32. The van der Waals surface area contributed by atoms with E-state index >= 15 is 0 Å². The summed E-state index contributed by atoms with van der Waals surface area (Å²) in [5, 5.41) is 8.33. The zero-order valence-electron chi connectivity index (χ0n) is 21.8. The number of amides is 4. The molecule has 39 heavy (non-hydrogen) atoms. The van der Waals surface area contributed by atoms with Crippen LogP contribution in [0.1, 0.15) is 51.4 Å². The first-order valence-electron chi connectivity index (χ1n) is 13.2. The van der Waals surface area contributed by atoms with E-state index in [4.69, 9.17) is 14.7 Å². The summed E-state index contributed by atoms with van der Waals surface area (Å²) in [6, 6.07) is 0. The summed E-state index contributed by atoms with van der Waals surface area (Å²) < 4.78 is 0. The minimum absolute atomic E-state index is 0.239. The van der Waals surface area contributed by atoms with E-state index in [1.54, 1.807) is 24.3 Å². The van der Waals surface area contributed by atoms with Gasteiger partial charge in [0.25, 0.3) is 11.8 Å². The van der Waals surface area contributed by atoms with Gasteiger partial charge in [-0.05, 0) is 74.9 Å². The molecule has 2 unspecified atom stereocenters. The number of fused-ring (bicyclic) bond motifs is 6. The molecule has 0 aromatic rings. The van der Waals surface area contributed by atoms with Crippen LogP contribution < -0.4 is 16.0 Å².